The van der Waals surface area contributed by atoms with Gasteiger partial charge in [0.05, 0.1) is 12.2 Å². The predicted molar refractivity (Wildman–Crippen MR) is 70.0 cm³/mol. The minimum Gasteiger partial charge on any atom is -0.428 e. The predicted octanol–water partition coefficient (Wildman–Crippen LogP) is 3.08. The first kappa shape index (κ1) is 11.9. The smallest absolute Gasteiger partial charge is 0.342 e. The largest absolute Gasteiger partial charge is 0.428 e. The highest BCUT2D eigenvalue weighted by Gasteiger charge is 2.49. The summed E-state index contributed by atoms with van der Waals surface area (Å²) in [6, 6.07) is 3.92. The Morgan fingerprint density at radius 3 is 2.89 bits per heavy atom. The van der Waals surface area contributed by atoms with Gasteiger partial charge in [0.25, 0.3) is 0 Å². The Bertz CT molecular complexity index is 513. The van der Waals surface area contributed by atoms with E-state index < -0.39 is 6.29 Å². The second kappa shape index (κ2) is 3.93. The molecule has 2 aliphatic rings. The van der Waals surface area contributed by atoms with Crippen molar-refractivity contribution >= 4 is 22.9 Å². The van der Waals surface area contributed by atoms with Crippen LogP contribution in [0, 0.1) is 11.3 Å². The van der Waals surface area contributed by atoms with Crippen LogP contribution in [0.15, 0.2) is 23.1 Å². The summed E-state index contributed by atoms with van der Waals surface area (Å²) in [5, 5.41) is 1.98. The number of fused-ring (bicyclic) bond motifs is 1. The maximum absolute atomic E-state index is 12.1. The molecule has 3 nitrogen and oxygen atoms in total. The molecule has 0 aliphatic carbocycles. The van der Waals surface area contributed by atoms with Crippen LogP contribution in [-0.4, -0.2) is 18.9 Å². The summed E-state index contributed by atoms with van der Waals surface area (Å²) in [6.45, 7) is 7.11. The fourth-order valence-electron chi connectivity index (χ4n) is 2.55. The van der Waals surface area contributed by atoms with Crippen LogP contribution in [0.1, 0.15) is 25.6 Å². The third-order valence-corrected chi connectivity index (χ3v) is 5.00. The van der Waals surface area contributed by atoms with E-state index in [1.165, 1.54) is 0 Å². The highest BCUT2D eigenvalue weighted by Crippen LogP contribution is 2.49. The van der Waals surface area contributed by atoms with Crippen LogP contribution in [0.3, 0.4) is 0 Å². The minimum absolute atomic E-state index is 0.0750. The van der Waals surface area contributed by atoms with Crippen LogP contribution in [0.25, 0.3) is 5.57 Å². The third-order valence-electron chi connectivity index (χ3n) is 4.11. The van der Waals surface area contributed by atoms with Gasteiger partial charge in [-0.1, -0.05) is 26.8 Å². The fraction of sp³-hybridized carbons (Fsp3) is 0.500. The number of hydrogen-bond donors (Lipinski definition) is 0. The Morgan fingerprint density at radius 1 is 1.44 bits per heavy atom. The van der Waals surface area contributed by atoms with Crippen molar-refractivity contribution in [2.24, 2.45) is 11.3 Å². The van der Waals surface area contributed by atoms with Gasteiger partial charge in [-0.25, -0.2) is 4.79 Å². The lowest BCUT2D eigenvalue weighted by Gasteiger charge is -2.40. The molecule has 0 saturated carbocycles. The van der Waals surface area contributed by atoms with Crippen molar-refractivity contribution in [2.75, 3.05) is 6.61 Å². The fourth-order valence-corrected chi connectivity index (χ4v) is 3.32. The van der Waals surface area contributed by atoms with Crippen LogP contribution >= 0.6 is 11.3 Å². The summed E-state index contributed by atoms with van der Waals surface area (Å²) in [6.07, 6.45) is -0.485. The van der Waals surface area contributed by atoms with E-state index in [2.05, 4.69) is 20.8 Å². The monoisotopic (exact) mass is 264 g/mol. The molecule has 1 aromatic heterocycles. The summed E-state index contributed by atoms with van der Waals surface area (Å²) in [5.74, 6) is 0.118. The lowest BCUT2D eigenvalue weighted by atomic mass is 9.71. The van der Waals surface area contributed by atoms with Gasteiger partial charge in [-0.15, -0.1) is 11.3 Å². The molecule has 2 atom stereocenters. The Kier molecular flexibility index (Phi) is 2.61. The minimum atomic E-state index is -0.485. The Morgan fingerprint density at radius 2 is 2.22 bits per heavy atom. The number of carbonyl (C=O) groups is 1. The molecule has 0 amide bonds. The Balaban J connectivity index is 2.18. The molecular formula is C14H16O3S. The van der Waals surface area contributed by atoms with Crippen molar-refractivity contribution in [2.45, 2.75) is 27.1 Å². The topological polar surface area (TPSA) is 35.5 Å². The molecule has 0 spiro atoms. The Hall–Kier alpha value is -1.13. The molecule has 3 heterocycles. The first-order chi connectivity index (χ1) is 8.51. The molecule has 0 bridgehead atoms. The number of hydrogen-bond acceptors (Lipinski definition) is 4. The van der Waals surface area contributed by atoms with E-state index in [-0.39, 0.29) is 11.4 Å². The van der Waals surface area contributed by atoms with Gasteiger partial charge in [0.15, 0.2) is 0 Å². The quantitative estimate of drug-likeness (QED) is 0.731. The van der Waals surface area contributed by atoms with E-state index in [4.69, 9.17) is 9.47 Å². The van der Waals surface area contributed by atoms with E-state index in [1.54, 1.807) is 11.3 Å². The van der Waals surface area contributed by atoms with Crippen LogP contribution in [-0.2, 0) is 14.3 Å². The molecule has 96 valence electrons. The van der Waals surface area contributed by atoms with Gasteiger partial charge in [-0.3, -0.25) is 0 Å². The van der Waals surface area contributed by atoms with E-state index in [0.29, 0.717) is 18.1 Å². The van der Waals surface area contributed by atoms with Crippen molar-refractivity contribution in [3.05, 3.63) is 28.0 Å². The molecule has 4 heteroatoms. The van der Waals surface area contributed by atoms with E-state index in [0.717, 1.165) is 10.5 Å². The third kappa shape index (κ3) is 1.56. The normalized spacial score (nSPS) is 30.3. The van der Waals surface area contributed by atoms with Crippen molar-refractivity contribution in [3.8, 4) is 0 Å². The molecule has 3 rings (SSSR count). The van der Waals surface area contributed by atoms with E-state index in [9.17, 15) is 4.79 Å². The average molecular weight is 264 g/mol. The highest BCUT2D eigenvalue weighted by molar-refractivity contribution is 7.11. The maximum atomic E-state index is 12.1. The van der Waals surface area contributed by atoms with Gasteiger partial charge in [-0.05, 0) is 22.8 Å². The lowest BCUT2D eigenvalue weighted by molar-refractivity contribution is -0.172. The molecule has 18 heavy (non-hydrogen) atoms. The zero-order valence-corrected chi connectivity index (χ0v) is 11.5. The van der Waals surface area contributed by atoms with Crippen molar-refractivity contribution in [1.82, 2.24) is 0 Å². The Labute approximate surface area is 110 Å². The summed E-state index contributed by atoms with van der Waals surface area (Å²) in [5.41, 5.74) is 1.65. The summed E-state index contributed by atoms with van der Waals surface area (Å²) >= 11 is 1.57. The zero-order valence-electron chi connectivity index (χ0n) is 10.7. The van der Waals surface area contributed by atoms with Crippen molar-refractivity contribution in [3.63, 3.8) is 0 Å². The van der Waals surface area contributed by atoms with Gasteiger partial charge in [-0.2, -0.15) is 0 Å². The summed E-state index contributed by atoms with van der Waals surface area (Å²) in [7, 11) is 0. The molecule has 0 radical (unpaired) electrons. The molecule has 0 N–H and O–H groups in total. The number of thiophene rings is 1. The van der Waals surface area contributed by atoms with Crippen molar-refractivity contribution < 1.29 is 14.3 Å². The first-order valence-electron chi connectivity index (χ1n) is 6.13. The van der Waals surface area contributed by atoms with Gasteiger partial charge < -0.3 is 9.47 Å². The summed E-state index contributed by atoms with van der Waals surface area (Å²) < 4.78 is 11.0. The number of esters is 1. The van der Waals surface area contributed by atoms with Gasteiger partial charge >= 0.3 is 5.97 Å². The van der Waals surface area contributed by atoms with Crippen LogP contribution in [0.2, 0.25) is 0 Å². The SMILES string of the molecule is CC1COC2OC(=O)C(c3cccs3)=C2C1(C)C. The number of rotatable bonds is 1. The van der Waals surface area contributed by atoms with E-state index in [1.807, 2.05) is 17.5 Å². The highest BCUT2D eigenvalue weighted by atomic mass is 32.1. The summed E-state index contributed by atoms with van der Waals surface area (Å²) in [4.78, 5) is 13.1. The second-order valence-corrected chi connectivity index (χ2v) is 6.41. The number of carbonyl (C=O) groups excluding carboxylic acids is 1. The van der Waals surface area contributed by atoms with Crippen LogP contribution in [0.4, 0.5) is 0 Å². The van der Waals surface area contributed by atoms with Crippen LogP contribution in [0.5, 0.6) is 0 Å². The van der Waals surface area contributed by atoms with Gasteiger partial charge in [0.1, 0.15) is 0 Å². The molecule has 2 unspecified atom stereocenters. The molecular weight excluding hydrogens is 248 g/mol. The molecule has 1 fully saturated rings. The van der Waals surface area contributed by atoms with Crippen LogP contribution < -0.4 is 0 Å². The van der Waals surface area contributed by atoms with Gasteiger partial charge in [0, 0.05) is 10.5 Å². The first-order valence-corrected chi connectivity index (χ1v) is 7.01. The molecule has 1 saturated heterocycles. The molecule has 0 aromatic carbocycles. The standard InChI is InChI=1S/C14H16O3S/c1-8-7-16-13-11(14(8,2)3)10(12(15)17-13)9-5-4-6-18-9/h4-6,8,13H,7H2,1-3H3. The second-order valence-electron chi connectivity index (χ2n) is 5.46. The van der Waals surface area contributed by atoms with Crippen molar-refractivity contribution in [1.29, 1.82) is 0 Å². The zero-order chi connectivity index (χ0) is 12.9. The molecule has 1 aromatic rings. The lowest BCUT2D eigenvalue weighted by Crippen LogP contribution is -2.40. The molecule has 2 aliphatic heterocycles. The number of ether oxygens (including phenoxy) is 2. The average Bonchev–Trinajstić information content (AvgIpc) is 2.90. The maximum Gasteiger partial charge on any atom is 0.342 e. The van der Waals surface area contributed by atoms with Gasteiger partial charge in [0.2, 0.25) is 6.29 Å². The van der Waals surface area contributed by atoms with E-state index >= 15 is 0 Å².